The van der Waals surface area contributed by atoms with Crippen molar-refractivity contribution >= 4 is 44.7 Å². The monoisotopic (exact) mass is 453 g/mol. The van der Waals surface area contributed by atoms with Crippen molar-refractivity contribution in [1.82, 2.24) is 4.98 Å². The van der Waals surface area contributed by atoms with Gasteiger partial charge in [0.05, 0.1) is 12.0 Å². The number of hydrogen-bond donors (Lipinski definition) is 2. The fraction of sp³-hybridized carbons (Fsp3) is 0.0385. The molecule has 0 aliphatic rings. The van der Waals surface area contributed by atoms with Gasteiger partial charge in [-0.05, 0) is 53.6 Å². The SMILES string of the molecule is Cc1ccc(C(=O)Nc2nc(-c3ccc4ccccc4c3)cs2)cc1NC(=O)c1ccco1. The van der Waals surface area contributed by atoms with Crippen LogP contribution in [0.3, 0.4) is 0 Å². The number of furan rings is 1. The van der Waals surface area contributed by atoms with Gasteiger partial charge in [0.25, 0.3) is 11.8 Å². The third-order valence-electron chi connectivity index (χ3n) is 5.26. The van der Waals surface area contributed by atoms with Crippen LogP contribution >= 0.6 is 11.3 Å². The lowest BCUT2D eigenvalue weighted by Gasteiger charge is -2.09. The highest BCUT2D eigenvalue weighted by Crippen LogP contribution is 2.28. The van der Waals surface area contributed by atoms with Crippen molar-refractivity contribution in [3.05, 3.63) is 101 Å². The fourth-order valence-electron chi connectivity index (χ4n) is 3.47. The number of thiazole rings is 1. The van der Waals surface area contributed by atoms with Gasteiger partial charge >= 0.3 is 0 Å². The van der Waals surface area contributed by atoms with Crippen LogP contribution in [-0.2, 0) is 0 Å². The normalized spacial score (nSPS) is 10.8. The van der Waals surface area contributed by atoms with Gasteiger partial charge in [0.2, 0.25) is 0 Å². The summed E-state index contributed by atoms with van der Waals surface area (Å²) in [6, 6.07) is 22.7. The Morgan fingerprint density at radius 3 is 2.55 bits per heavy atom. The topological polar surface area (TPSA) is 84.2 Å². The first-order chi connectivity index (χ1) is 16.1. The van der Waals surface area contributed by atoms with Crippen LogP contribution in [0.15, 0.2) is 88.9 Å². The lowest BCUT2D eigenvalue weighted by molar-refractivity contribution is 0.0993. The number of hydrogen-bond acceptors (Lipinski definition) is 5. The summed E-state index contributed by atoms with van der Waals surface area (Å²) >= 11 is 1.36. The molecule has 162 valence electrons. The van der Waals surface area contributed by atoms with E-state index in [-0.39, 0.29) is 17.6 Å². The summed E-state index contributed by atoms with van der Waals surface area (Å²) in [6.45, 7) is 1.86. The Hall–Kier alpha value is -4.23. The molecular formula is C26H19N3O3S. The Balaban J connectivity index is 1.32. The zero-order chi connectivity index (χ0) is 22.8. The predicted molar refractivity (Wildman–Crippen MR) is 131 cm³/mol. The number of benzene rings is 3. The molecule has 0 radical (unpaired) electrons. The van der Waals surface area contributed by atoms with Gasteiger partial charge in [0, 0.05) is 22.2 Å². The summed E-state index contributed by atoms with van der Waals surface area (Å²) in [4.78, 5) is 29.7. The van der Waals surface area contributed by atoms with E-state index in [1.54, 1.807) is 30.3 Å². The molecule has 2 N–H and O–H groups in total. The summed E-state index contributed by atoms with van der Waals surface area (Å²) in [5, 5.41) is 10.4. The maximum Gasteiger partial charge on any atom is 0.291 e. The molecule has 0 fully saturated rings. The molecule has 0 aliphatic heterocycles. The quantitative estimate of drug-likeness (QED) is 0.324. The summed E-state index contributed by atoms with van der Waals surface area (Å²) in [5.41, 5.74) is 3.58. The number of carbonyl (C=O) groups is 2. The Morgan fingerprint density at radius 2 is 1.73 bits per heavy atom. The van der Waals surface area contributed by atoms with Gasteiger partial charge < -0.3 is 9.73 Å². The van der Waals surface area contributed by atoms with Gasteiger partial charge in [-0.15, -0.1) is 11.3 Å². The predicted octanol–water partition coefficient (Wildman–Crippen LogP) is 6.37. The molecule has 0 aliphatic carbocycles. The van der Waals surface area contributed by atoms with Crippen molar-refractivity contribution in [2.75, 3.05) is 10.6 Å². The first kappa shape index (κ1) is 20.7. The molecule has 0 spiro atoms. The van der Waals surface area contributed by atoms with Crippen LogP contribution in [-0.4, -0.2) is 16.8 Å². The molecule has 0 unspecified atom stereocenters. The number of aryl methyl sites for hydroxylation is 1. The Morgan fingerprint density at radius 1 is 0.879 bits per heavy atom. The van der Waals surface area contributed by atoms with Crippen LogP contribution in [0.25, 0.3) is 22.0 Å². The van der Waals surface area contributed by atoms with Crippen LogP contribution in [0.1, 0.15) is 26.5 Å². The second-order valence-electron chi connectivity index (χ2n) is 7.52. The maximum atomic E-state index is 12.8. The maximum absolute atomic E-state index is 12.8. The number of fused-ring (bicyclic) bond motifs is 1. The highest BCUT2D eigenvalue weighted by molar-refractivity contribution is 7.14. The van der Waals surface area contributed by atoms with Crippen LogP contribution in [0, 0.1) is 6.92 Å². The first-order valence-corrected chi connectivity index (χ1v) is 11.2. The molecule has 3 aromatic carbocycles. The molecule has 2 aromatic heterocycles. The minimum atomic E-state index is -0.374. The molecule has 0 atom stereocenters. The second-order valence-corrected chi connectivity index (χ2v) is 8.37. The summed E-state index contributed by atoms with van der Waals surface area (Å²) in [5.74, 6) is -0.475. The highest BCUT2D eigenvalue weighted by atomic mass is 32.1. The van der Waals surface area contributed by atoms with Gasteiger partial charge in [-0.3, -0.25) is 14.9 Å². The van der Waals surface area contributed by atoms with Gasteiger partial charge in [-0.2, -0.15) is 0 Å². The van der Waals surface area contributed by atoms with E-state index in [0.717, 1.165) is 22.2 Å². The Bertz CT molecular complexity index is 1470. The Kier molecular flexibility index (Phi) is 5.46. The Labute approximate surface area is 193 Å². The first-order valence-electron chi connectivity index (χ1n) is 10.3. The van der Waals surface area contributed by atoms with Crippen LogP contribution < -0.4 is 10.6 Å². The van der Waals surface area contributed by atoms with E-state index in [1.165, 1.54) is 23.0 Å². The number of anilines is 2. The zero-order valence-corrected chi connectivity index (χ0v) is 18.5. The number of nitrogens with zero attached hydrogens (tertiary/aromatic N) is 1. The molecule has 0 saturated carbocycles. The number of amides is 2. The molecule has 2 heterocycles. The lowest BCUT2D eigenvalue weighted by atomic mass is 10.1. The van der Waals surface area contributed by atoms with E-state index >= 15 is 0 Å². The van der Waals surface area contributed by atoms with Crippen LogP contribution in [0.5, 0.6) is 0 Å². The van der Waals surface area contributed by atoms with Crippen molar-refractivity contribution in [1.29, 1.82) is 0 Å². The van der Waals surface area contributed by atoms with Crippen molar-refractivity contribution in [2.45, 2.75) is 6.92 Å². The van der Waals surface area contributed by atoms with Crippen molar-refractivity contribution in [3.8, 4) is 11.3 Å². The zero-order valence-electron chi connectivity index (χ0n) is 17.7. The van der Waals surface area contributed by atoms with E-state index in [2.05, 4.69) is 39.9 Å². The number of aromatic nitrogens is 1. The molecular weight excluding hydrogens is 434 g/mol. The van der Waals surface area contributed by atoms with E-state index in [1.807, 2.05) is 30.5 Å². The number of rotatable bonds is 5. The number of carbonyl (C=O) groups excluding carboxylic acids is 2. The third kappa shape index (κ3) is 4.40. The van der Waals surface area contributed by atoms with Crippen molar-refractivity contribution < 1.29 is 14.0 Å². The molecule has 5 rings (SSSR count). The number of nitrogens with one attached hydrogen (secondary N) is 2. The molecule has 2 amide bonds. The van der Waals surface area contributed by atoms with Crippen LogP contribution in [0.4, 0.5) is 10.8 Å². The minimum absolute atomic E-state index is 0.202. The van der Waals surface area contributed by atoms with Crippen LogP contribution in [0.2, 0.25) is 0 Å². The van der Waals surface area contributed by atoms with E-state index in [4.69, 9.17) is 4.42 Å². The van der Waals surface area contributed by atoms with E-state index in [9.17, 15) is 9.59 Å². The standard InChI is InChI=1S/C26H19N3O3S/c1-16-8-9-20(14-21(16)27-25(31)23-7-4-12-32-23)24(30)29-26-28-22(15-33-26)19-11-10-17-5-2-3-6-18(17)13-19/h2-15H,1H3,(H,27,31)(H,28,29,30). The molecule has 0 saturated heterocycles. The lowest BCUT2D eigenvalue weighted by Crippen LogP contribution is -2.15. The average molecular weight is 454 g/mol. The summed E-state index contributed by atoms with van der Waals surface area (Å²) in [6.07, 6.45) is 1.44. The van der Waals surface area contributed by atoms with Gasteiger partial charge in [-0.1, -0.05) is 42.5 Å². The fourth-order valence-corrected chi connectivity index (χ4v) is 4.19. The molecule has 5 aromatic rings. The van der Waals surface area contributed by atoms with Gasteiger partial charge in [0.15, 0.2) is 10.9 Å². The summed E-state index contributed by atoms with van der Waals surface area (Å²) in [7, 11) is 0. The van der Waals surface area contributed by atoms with Gasteiger partial charge in [-0.25, -0.2) is 4.98 Å². The van der Waals surface area contributed by atoms with Crippen molar-refractivity contribution in [2.24, 2.45) is 0 Å². The molecule has 7 heteroatoms. The minimum Gasteiger partial charge on any atom is -0.459 e. The molecule has 0 bridgehead atoms. The molecule has 33 heavy (non-hydrogen) atoms. The highest BCUT2D eigenvalue weighted by Gasteiger charge is 2.14. The third-order valence-corrected chi connectivity index (χ3v) is 6.02. The second kappa shape index (κ2) is 8.72. The van der Waals surface area contributed by atoms with Crippen molar-refractivity contribution in [3.63, 3.8) is 0 Å². The van der Waals surface area contributed by atoms with E-state index < -0.39 is 0 Å². The average Bonchev–Trinajstić information content (AvgIpc) is 3.53. The summed E-state index contributed by atoms with van der Waals surface area (Å²) < 4.78 is 5.13. The largest absolute Gasteiger partial charge is 0.459 e. The van der Waals surface area contributed by atoms with Gasteiger partial charge in [0.1, 0.15) is 0 Å². The smallest absolute Gasteiger partial charge is 0.291 e. The van der Waals surface area contributed by atoms with E-state index in [0.29, 0.717) is 16.4 Å². The molecule has 6 nitrogen and oxygen atoms in total.